The maximum Gasteiger partial charge on any atom is 0.263 e. The lowest BCUT2D eigenvalue weighted by atomic mass is 10.0. The fraction of sp³-hybridized carbons (Fsp3) is 0.269. The van der Waals surface area contributed by atoms with Crippen molar-refractivity contribution in [3.63, 3.8) is 0 Å². The van der Waals surface area contributed by atoms with Gasteiger partial charge in [-0.15, -0.1) is 0 Å². The van der Waals surface area contributed by atoms with Crippen LogP contribution in [-0.2, 0) is 22.9 Å². The number of hydrogen-bond acceptors (Lipinski definition) is 3. The fourth-order valence-corrected chi connectivity index (χ4v) is 5.86. The highest BCUT2D eigenvalue weighted by molar-refractivity contribution is 7.92. The molecule has 7 heteroatoms. The van der Waals surface area contributed by atoms with Gasteiger partial charge in [0.05, 0.1) is 16.8 Å². The number of anilines is 1. The summed E-state index contributed by atoms with van der Waals surface area (Å²) in [5.74, 6) is -0.359. The van der Waals surface area contributed by atoms with Gasteiger partial charge in [0.2, 0.25) is 0 Å². The van der Waals surface area contributed by atoms with Gasteiger partial charge in [0.15, 0.2) is 0 Å². The summed E-state index contributed by atoms with van der Waals surface area (Å²) in [6.07, 6.45) is 3.34. The SMILES string of the molecule is Cc1ccc(NS(=O)(=O)c2cc(C(=O)NC(C)c3ccc4c(c3)CCC4)ccc2Cl)c(C)c1. The Morgan fingerprint density at radius 2 is 1.73 bits per heavy atom. The zero-order chi connectivity index (χ0) is 23.8. The first kappa shape index (κ1) is 23.3. The molecule has 2 N–H and O–H groups in total. The molecule has 1 amide bonds. The van der Waals surface area contributed by atoms with E-state index in [1.54, 1.807) is 6.07 Å². The van der Waals surface area contributed by atoms with Gasteiger partial charge < -0.3 is 5.32 Å². The molecule has 0 heterocycles. The van der Waals surface area contributed by atoms with Crippen LogP contribution in [0.4, 0.5) is 5.69 Å². The van der Waals surface area contributed by atoms with Crippen LogP contribution in [0.2, 0.25) is 5.02 Å². The van der Waals surface area contributed by atoms with Crippen LogP contribution < -0.4 is 10.0 Å². The molecule has 172 valence electrons. The standard InChI is InChI=1S/C26H27ClN2O3S/c1-16-7-12-24(17(2)13-16)29-33(31,32)25-15-22(10-11-23(25)27)26(30)28-18(3)20-9-8-19-5-4-6-21(19)14-20/h7-15,18,29H,4-6H2,1-3H3,(H,28,30). The van der Waals surface area contributed by atoms with Crippen LogP contribution in [0.1, 0.15) is 57.6 Å². The van der Waals surface area contributed by atoms with E-state index >= 15 is 0 Å². The maximum atomic E-state index is 13.1. The van der Waals surface area contributed by atoms with Crippen molar-refractivity contribution in [1.29, 1.82) is 0 Å². The Hall–Kier alpha value is -2.83. The van der Waals surface area contributed by atoms with E-state index in [0.29, 0.717) is 5.69 Å². The molecule has 1 unspecified atom stereocenters. The molecule has 0 fully saturated rings. The molecule has 0 radical (unpaired) electrons. The molecule has 5 nitrogen and oxygen atoms in total. The molecule has 1 atom stereocenters. The Kier molecular flexibility index (Phi) is 6.50. The molecule has 0 bridgehead atoms. The molecule has 3 aromatic rings. The Bertz CT molecular complexity index is 1340. The summed E-state index contributed by atoms with van der Waals surface area (Å²) < 4.78 is 28.7. The summed E-state index contributed by atoms with van der Waals surface area (Å²) in [5.41, 5.74) is 6.27. The second-order valence-corrected chi connectivity index (χ2v) is 10.7. The molecule has 0 aliphatic heterocycles. The van der Waals surface area contributed by atoms with E-state index in [4.69, 9.17) is 11.6 Å². The van der Waals surface area contributed by atoms with Gasteiger partial charge in [0.25, 0.3) is 15.9 Å². The first-order chi connectivity index (χ1) is 15.6. The number of fused-ring (bicyclic) bond motifs is 1. The summed E-state index contributed by atoms with van der Waals surface area (Å²) in [6, 6.07) is 15.8. The number of sulfonamides is 1. The van der Waals surface area contributed by atoms with Crippen molar-refractivity contribution in [2.45, 2.75) is 51.0 Å². The second kappa shape index (κ2) is 9.20. The normalized spacial score (nSPS) is 13.9. The Balaban J connectivity index is 1.55. The van der Waals surface area contributed by atoms with Crippen molar-refractivity contribution in [3.05, 3.63) is 93.0 Å². The monoisotopic (exact) mass is 482 g/mol. The van der Waals surface area contributed by atoms with E-state index in [1.807, 2.05) is 39.0 Å². The lowest BCUT2D eigenvalue weighted by Crippen LogP contribution is -2.27. The average molecular weight is 483 g/mol. The lowest BCUT2D eigenvalue weighted by Gasteiger charge is -2.17. The van der Waals surface area contributed by atoms with Crippen molar-refractivity contribution in [2.24, 2.45) is 0 Å². The van der Waals surface area contributed by atoms with Gasteiger partial charge in [-0.25, -0.2) is 8.42 Å². The number of carbonyl (C=O) groups excluding carboxylic acids is 1. The van der Waals surface area contributed by atoms with E-state index in [0.717, 1.165) is 36.0 Å². The third-order valence-corrected chi connectivity index (χ3v) is 7.93. The Morgan fingerprint density at radius 1 is 0.970 bits per heavy atom. The summed E-state index contributed by atoms with van der Waals surface area (Å²) in [4.78, 5) is 12.8. The molecule has 4 rings (SSSR count). The summed E-state index contributed by atoms with van der Waals surface area (Å²) in [7, 11) is -3.98. The van der Waals surface area contributed by atoms with Gasteiger partial charge in [-0.3, -0.25) is 9.52 Å². The number of benzene rings is 3. The Labute approximate surface area is 200 Å². The molecule has 0 aromatic heterocycles. The van der Waals surface area contributed by atoms with Gasteiger partial charge in [0, 0.05) is 5.56 Å². The number of halogens is 1. The van der Waals surface area contributed by atoms with Crippen LogP contribution in [0.3, 0.4) is 0 Å². The van der Waals surface area contributed by atoms with E-state index in [2.05, 4.69) is 22.2 Å². The third-order valence-electron chi connectivity index (χ3n) is 6.08. The first-order valence-corrected chi connectivity index (χ1v) is 12.8. The zero-order valence-electron chi connectivity index (χ0n) is 18.9. The van der Waals surface area contributed by atoms with E-state index < -0.39 is 10.0 Å². The fourth-order valence-electron chi connectivity index (χ4n) is 4.20. The van der Waals surface area contributed by atoms with Crippen LogP contribution in [0.25, 0.3) is 0 Å². The summed E-state index contributed by atoms with van der Waals surface area (Å²) in [5, 5.41) is 3.02. The largest absolute Gasteiger partial charge is 0.346 e. The van der Waals surface area contributed by atoms with Crippen LogP contribution >= 0.6 is 11.6 Å². The number of carbonyl (C=O) groups is 1. The molecular formula is C26H27ClN2O3S. The summed E-state index contributed by atoms with van der Waals surface area (Å²) in [6.45, 7) is 5.69. The quantitative estimate of drug-likeness (QED) is 0.470. The van der Waals surface area contributed by atoms with Crippen LogP contribution in [0, 0.1) is 13.8 Å². The highest BCUT2D eigenvalue weighted by atomic mass is 35.5. The lowest BCUT2D eigenvalue weighted by molar-refractivity contribution is 0.0939. The predicted molar refractivity (Wildman–Crippen MR) is 133 cm³/mol. The molecule has 33 heavy (non-hydrogen) atoms. The van der Waals surface area contributed by atoms with Crippen molar-refractivity contribution < 1.29 is 13.2 Å². The van der Waals surface area contributed by atoms with Crippen molar-refractivity contribution in [2.75, 3.05) is 4.72 Å². The molecule has 0 saturated carbocycles. The van der Waals surface area contributed by atoms with Gasteiger partial charge >= 0.3 is 0 Å². The second-order valence-electron chi connectivity index (χ2n) is 8.65. The molecule has 1 aliphatic carbocycles. The van der Waals surface area contributed by atoms with E-state index in [9.17, 15) is 13.2 Å². The molecule has 0 spiro atoms. The molecular weight excluding hydrogens is 456 g/mol. The zero-order valence-corrected chi connectivity index (χ0v) is 20.5. The van der Waals surface area contributed by atoms with Gasteiger partial charge in [0.1, 0.15) is 4.90 Å². The average Bonchev–Trinajstić information content (AvgIpc) is 3.23. The van der Waals surface area contributed by atoms with E-state index in [-0.39, 0.29) is 27.4 Å². The topological polar surface area (TPSA) is 75.3 Å². The Morgan fingerprint density at radius 3 is 2.48 bits per heavy atom. The van der Waals surface area contributed by atoms with Crippen molar-refractivity contribution in [1.82, 2.24) is 5.32 Å². The van der Waals surface area contributed by atoms with Gasteiger partial charge in [-0.1, -0.05) is 47.5 Å². The highest BCUT2D eigenvalue weighted by Gasteiger charge is 2.22. The predicted octanol–water partition coefficient (Wildman–Crippen LogP) is 5.74. The van der Waals surface area contributed by atoms with Crippen molar-refractivity contribution >= 4 is 33.2 Å². The number of aryl methyl sites for hydroxylation is 4. The van der Waals surface area contributed by atoms with Gasteiger partial charge in [-0.2, -0.15) is 0 Å². The maximum absolute atomic E-state index is 13.1. The highest BCUT2D eigenvalue weighted by Crippen LogP contribution is 2.28. The van der Waals surface area contributed by atoms with Gasteiger partial charge in [-0.05, 0) is 86.6 Å². The number of rotatable bonds is 6. The van der Waals surface area contributed by atoms with Crippen LogP contribution in [0.5, 0.6) is 0 Å². The molecule has 0 saturated heterocycles. The molecule has 1 aliphatic rings. The number of hydrogen-bond donors (Lipinski definition) is 2. The number of nitrogens with one attached hydrogen (secondary N) is 2. The molecule has 3 aromatic carbocycles. The minimum Gasteiger partial charge on any atom is -0.346 e. The third kappa shape index (κ3) is 5.07. The summed E-state index contributed by atoms with van der Waals surface area (Å²) >= 11 is 6.22. The smallest absolute Gasteiger partial charge is 0.263 e. The minimum absolute atomic E-state index is 0.0514. The van der Waals surface area contributed by atoms with Crippen molar-refractivity contribution in [3.8, 4) is 0 Å². The van der Waals surface area contributed by atoms with E-state index in [1.165, 1.54) is 29.3 Å². The number of amides is 1. The van der Waals surface area contributed by atoms with Crippen LogP contribution in [-0.4, -0.2) is 14.3 Å². The van der Waals surface area contributed by atoms with Crippen LogP contribution in [0.15, 0.2) is 59.5 Å². The minimum atomic E-state index is -3.98. The first-order valence-electron chi connectivity index (χ1n) is 11.0.